The number of nitrogens with one attached hydrogen (secondary N) is 2. The van der Waals surface area contributed by atoms with Gasteiger partial charge in [-0.3, -0.25) is 0 Å². The normalized spacial score (nSPS) is 11.3. The summed E-state index contributed by atoms with van der Waals surface area (Å²) in [6.07, 6.45) is -4.69. The smallest absolute Gasteiger partial charge is 0.417 e. The Bertz CT molecular complexity index is 1060. The van der Waals surface area contributed by atoms with E-state index in [4.69, 9.17) is 21.4 Å². The van der Waals surface area contributed by atoms with E-state index in [0.29, 0.717) is 29.8 Å². The number of rotatable bonds is 4. The zero-order chi connectivity index (χ0) is 20.3. The summed E-state index contributed by atoms with van der Waals surface area (Å²) in [7, 11) is 0. The summed E-state index contributed by atoms with van der Waals surface area (Å²) in [4.78, 5) is 11.4. The Balaban J connectivity index is 1.81. The molecule has 0 bridgehead atoms. The van der Waals surface area contributed by atoms with E-state index < -0.39 is 17.4 Å². The molecule has 2 aromatic carbocycles. The first kappa shape index (κ1) is 19.7. The predicted molar refractivity (Wildman–Crippen MR) is 105 cm³/mol. The van der Waals surface area contributed by atoms with Gasteiger partial charge in [-0.05, 0) is 61.6 Å². The van der Waals surface area contributed by atoms with Crippen molar-refractivity contribution >= 4 is 39.7 Å². The molecule has 0 aliphatic carbocycles. The molecule has 3 rings (SSSR count). The number of hydrogen-bond donors (Lipinski definition) is 2. The fourth-order valence-corrected chi connectivity index (χ4v) is 2.81. The highest BCUT2D eigenvalue weighted by Crippen LogP contribution is 2.34. The van der Waals surface area contributed by atoms with Crippen molar-refractivity contribution in [2.45, 2.75) is 13.1 Å². The summed E-state index contributed by atoms with van der Waals surface area (Å²) in [5, 5.41) is 5.70. The molecule has 3 aromatic rings. The van der Waals surface area contributed by atoms with Crippen LogP contribution in [-0.4, -0.2) is 11.7 Å². The van der Waals surface area contributed by atoms with Gasteiger partial charge in [-0.1, -0.05) is 0 Å². The molecular formula is C19H15F3N2O3S. The summed E-state index contributed by atoms with van der Waals surface area (Å²) in [5.41, 5.74) is -1.28. The highest BCUT2D eigenvalue weighted by Gasteiger charge is 2.33. The molecule has 146 valence electrons. The van der Waals surface area contributed by atoms with Gasteiger partial charge in [0, 0.05) is 22.8 Å². The van der Waals surface area contributed by atoms with Gasteiger partial charge in [0.25, 0.3) is 0 Å². The molecule has 0 fully saturated rings. The van der Waals surface area contributed by atoms with Crippen molar-refractivity contribution in [1.29, 1.82) is 0 Å². The molecule has 0 atom stereocenters. The lowest BCUT2D eigenvalue weighted by atomic mass is 10.1. The molecule has 0 spiro atoms. The summed E-state index contributed by atoms with van der Waals surface area (Å²) in [6, 6.07) is 11.5. The maximum atomic E-state index is 13.2. The highest BCUT2D eigenvalue weighted by atomic mass is 32.1. The van der Waals surface area contributed by atoms with E-state index in [2.05, 4.69) is 10.6 Å². The minimum atomic E-state index is -4.69. The average Bonchev–Trinajstić information content (AvgIpc) is 2.62. The highest BCUT2D eigenvalue weighted by molar-refractivity contribution is 7.80. The number of anilines is 2. The third-order valence-corrected chi connectivity index (χ3v) is 3.93. The second kappa shape index (κ2) is 7.89. The maximum absolute atomic E-state index is 13.2. The van der Waals surface area contributed by atoms with Gasteiger partial charge < -0.3 is 19.8 Å². The molecule has 9 heteroatoms. The first-order chi connectivity index (χ1) is 13.3. The topological polar surface area (TPSA) is 63.5 Å². The number of ether oxygens (including phenoxy) is 1. The summed E-state index contributed by atoms with van der Waals surface area (Å²) >= 11 is 5.20. The molecule has 0 aliphatic heterocycles. The van der Waals surface area contributed by atoms with Gasteiger partial charge >= 0.3 is 11.8 Å². The van der Waals surface area contributed by atoms with Gasteiger partial charge in [0.05, 0.1) is 12.2 Å². The SMILES string of the molecule is CCOc1ccc(NC(=S)Nc2ccc3oc(=O)cc(C(F)(F)F)c3c2)cc1. The Morgan fingerprint density at radius 3 is 2.36 bits per heavy atom. The fraction of sp³-hybridized carbons (Fsp3) is 0.158. The molecule has 1 aromatic heterocycles. The monoisotopic (exact) mass is 408 g/mol. The van der Waals surface area contributed by atoms with Crippen molar-refractivity contribution in [3.63, 3.8) is 0 Å². The first-order valence-corrected chi connectivity index (χ1v) is 8.63. The van der Waals surface area contributed by atoms with E-state index in [1.807, 2.05) is 6.92 Å². The van der Waals surface area contributed by atoms with Gasteiger partial charge in [0.1, 0.15) is 11.3 Å². The van der Waals surface area contributed by atoms with E-state index in [1.165, 1.54) is 18.2 Å². The summed E-state index contributed by atoms with van der Waals surface area (Å²) in [6.45, 7) is 2.43. The second-order valence-corrected chi connectivity index (χ2v) is 6.13. The lowest BCUT2D eigenvalue weighted by Crippen LogP contribution is -2.19. The van der Waals surface area contributed by atoms with Crippen LogP contribution in [0.25, 0.3) is 11.0 Å². The zero-order valence-electron chi connectivity index (χ0n) is 14.6. The molecule has 0 unspecified atom stereocenters. The van der Waals surface area contributed by atoms with Crippen LogP contribution in [0.5, 0.6) is 5.75 Å². The van der Waals surface area contributed by atoms with E-state index in [9.17, 15) is 18.0 Å². The summed E-state index contributed by atoms with van der Waals surface area (Å²) < 4.78 is 49.8. The zero-order valence-corrected chi connectivity index (χ0v) is 15.4. The van der Waals surface area contributed by atoms with Crippen LogP contribution in [0.1, 0.15) is 12.5 Å². The number of hydrogen-bond acceptors (Lipinski definition) is 4. The standard InChI is InChI=1S/C19H15F3N2O3S/c1-2-26-13-6-3-11(4-7-13)23-18(28)24-12-5-8-16-14(9-12)15(19(20,21)22)10-17(25)27-16/h3-10H,2H2,1H3,(H2,23,24,28). The lowest BCUT2D eigenvalue weighted by Gasteiger charge is -2.13. The minimum absolute atomic E-state index is 0.157. The van der Waals surface area contributed by atoms with Gasteiger partial charge in [0.2, 0.25) is 0 Å². The summed E-state index contributed by atoms with van der Waals surface area (Å²) in [5.74, 6) is 0.711. The molecule has 0 saturated carbocycles. The van der Waals surface area contributed by atoms with Crippen LogP contribution >= 0.6 is 12.2 Å². The van der Waals surface area contributed by atoms with Gasteiger partial charge in [-0.2, -0.15) is 13.2 Å². The number of benzene rings is 2. The number of halogens is 3. The van der Waals surface area contributed by atoms with Gasteiger partial charge in [-0.25, -0.2) is 4.79 Å². The molecular weight excluding hydrogens is 393 g/mol. The molecule has 2 N–H and O–H groups in total. The Hall–Kier alpha value is -3.07. The molecule has 1 heterocycles. The molecule has 28 heavy (non-hydrogen) atoms. The third kappa shape index (κ3) is 4.61. The molecule has 0 amide bonds. The first-order valence-electron chi connectivity index (χ1n) is 8.22. The van der Waals surface area contributed by atoms with Crippen LogP contribution in [0.2, 0.25) is 0 Å². The van der Waals surface area contributed by atoms with E-state index in [0.717, 1.165) is 0 Å². The number of fused-ring (bicyclic) bond motifs is 1. The number of alkyl halides is 3. The van der Waals surface area contributed by atoms with Crippen LogP contribution < -0.4 is 21.0 Å². The van der Waals surface area contributed by atoms with Crippen LogP contribution in [0.15, 0.2) is 57.7 Å². The Kier molecular flexibility index (Phi) is 5.55. The van der Waals surface area contributed by atoms with E-state index in [1.54, 1.807) is 24.3 Å². The van der Waals surface area contributed by atoms with Crippen molar-refractivity contribution in [2.75, 3.05) is 17.2 Å². The van der Waals surface area contributed by atoms with Crippen LogP contribution in [0.4, 0.5) is 24.5 Å². The van der Waals surface area contributed by atoms with Crippen molar-refractivity contribution in [3.8, 4) is 5.75 Å². The van der Waals surface area contributed by atoms with E-state index >= 15 is 0 Å². The minimum Gasteiger partial charge on any atom is -0.494 e. The van der Waals surface area contributed by atoms with Crippen LogP contribution in [0.3, 0.4) is 0 Å². The van der Waals surface area contributed by atoms with Crippen molar-refractivity contribution in [1.82, 2.24) is 0 Å². The Morgan fingerprint density at radius 1 is 1.07 bits per heavy atom. The maximum Gasteiger partial charge on any atom is 0.417 e. The largest absolute Gasteiger partial charge is 0.494 e. The van der Waals surface area contributed by atoms with E-state index in [-0.39, 0.29) is 16.1 Å². The lowest BCUT2D eigenvalue weighted by molar-refractivity contribution is -0.136. The Morgan fingerprint density at radius 2 is 1.71 bits per heavy atom. The molecule has 0 aliphatic rings. The second-order valence-electron chi connectivity index (χ2n) is 5.72. The molecule has 0 radical (unpaired) electrons. The van der Waals surface area contributed by atoms with Crippen molar-refractivity contribution in [3.05, 3.63) is 64.5 Å². The Labute approximate surface area is 163 Å². The van der Waals surface area contributed by atoms with Crippen LogP contribution in [0, 0.1) is 0 Å². The predicted octanol–water partition coefficient (Wildman–Crippen LogP) is 5.02. The van der Waals surface area contributed by atoms with Gasteiger partial charge in [0.15, 0.2) is 5.11 Å². The quantitative estimate of drug-likeness (QED) is 0.467. The van der Waals surface area contributed by atoms with Crippen molar-refractivity contribution < 1.29 is 22.3 Å². The van der Waals surface area contributed by atoms with Crippen LogP contribution in [-0.2, 0) is 6.18 Å². The van der Waals surface area contributed by atoms with Gasteiger partial charge in [-0.15, -0.1) is 0 Å². The number of thiocarbonyl (C=S) groups is 1. The van der Waals surface area contributed by atoms with Crippen molar-refractivity contribution in [2.24, 2.45) is 0 Å². The third-order valence-electron chi connectivity index (χ3n) is 3.73. The molecule has 0 saturated heterocycles. The average molecular weight is 408 g/mol. The fourth-order valence-electron chi connectivity index (χ4n) is 2.57. The molecule has 5 nitrogen and oxygen atoms in total.